The van der Waals surface area contributed by atoms with E-state index in [0.29, 0.717) is 0 Å². The molecule has 1 aromatic carbocycles. The molecular formula is C10H10FN3O2. The molecule has 1 rings (SSSR count). The molecule has 0 radical (unpaired) electrons. The highest BCUT2D eigenvalue weighted by atomic mass is 19.1. The van der Waals surface area contributed by atoms with E-state index in [2.05, 4.69) is 5.10 Å². The van der Waals surface area contributed by atoms with Gasteiger partial charge in [-0.3, -0.25) is 9.59 Å². The van der Waals surface area contributed by atoms with E-state index < -0.39 is 17.6 Å². The van der Waals surface area contributed by atoms with E-state index in [-0.39, 0.29) is 11.3 Å². The molecule has 0 saturated heterocycles. The SMILES string of the molecule is C/C(=N\NC(=O)C(N)=O)c1ccccc1F. The van der Waals surface area contributed by atoms with Gasteiger partial charge in [0.15, 0.2) is 0 Å². The lowest BCUT2D eigenvalue weighted by molar-refractivity contribution is -0.137. The first kappa shape index (κ1) is 11.8. The molecule has 0 aliphatic rings. The molecule has 0 aliphatic heterocycles. The number of nitrogens with two attached hydrogens (primary N) is 1. The number of halogens is 1. The Bertz CT molecular complexity index is 457. The summed E-state index contributed by atoms with van der Waals surface area (Å²) < 4.78 is 13.2. The minimum atomic E-state index is -1.15. The Labute approximate surface area is 91.1 Å². The van der Waals surface area contributed by atoms with Crippen LogP contribution in [-0.4, -0.2) is 17.5 Å². The fraction of sp³-hybridized carbons (Fsp3) is 0.100. The Kier molecular flexibility index (Phi) is 3.71. The van der Waals surface area contributed by atoms with Crippen LogP contribution in [0.2, 0.25) is 0 Å². The van der Waals surface area contributed by atoms with Gasteiger partial charge in [0.05, 0.1) is 5.71 Å². The van der Waals surface area contributed by atoms with Gasteiger partial charge in [-0.2, -0.15) is 5.10 Å². The highest BCUT2D eigenvalue weighted by Crippen LogP contribution is 2.06. The van der Waals surface area contributed by atoms with Crippen molar-refractivity contribution in [2.24, 2.45) is 10.8 Å². The van der Waals surface area contributed by atoms with Gasteiger partial charge in [0, 0.05) is 5.56 Å². The molecule has 0 unspecified atom stereocenters. The maximum atomic E-state index is 13.2. The molecule has 0 fully saturated rings. The van der Waals surface area contributed by atoms with Crippen LogP contribution in [0.4, 0.5) is 4.39 Å². The van der Waals surface area contributed by atoms with Crippen LogP contribution >= 0.6 is 0 Å². The van der Waals surface area contributed by atoms with Crippen LogP contribution in [0.3, 0.4) is 0 Å². The Morgan fingerprint density at radius 1 is 1.38 bits per heavy atom. The number of hydrazone groups is 1. The fourth-order valence-corrected chi connectivity index (χ4v) is 1.00. The molecule has 0 bridgehead atoms. The van der Waals surface area contributed by atoms with Crippen molar-refractivity contribution in [1.82, 2.24) is 5.43 Å². The maximum absolute atomic E-state index is 13.2. The lowest BCUT2D eigenvalue weighted by atomic mass is 10.1. The summed E-state index contributed by atoms with van der Waals surface area (Å²) in [6, 6.07) is 5.94. The summed E-state index contributed by atoms with van der Waals surface area (Å²) in [4.78, 5) is 21.2. The molecule has 0 aromatic heterocycles. The summed E-state index contributed by atoms with van der Waals surface area (Å²) in [7, 11) is 0. The zero-order valence-corrected chi connectivity index (χ0v) is 8.53. The minimum absolute atomic E-state index is 0.243. The van der Waals surface area contributed by atoms with Crippen LogP contribution in [0.15, 0.2) is 29.4 Å². The molecule has 6 heteroatoms. The largest absolute Gasteiger partial charge is 0.361 e. The van der Waals surface area contributed by atoms with Gasteiger partial charge in [0.1, 0.15) is 5.82 Å². The van der Waals surface area contributed by atoms with E-state index in [4.69, 9.17) is 5.73 Å². The minimum Gasteiger partial charge on any atom is -0.361 e. The van der Waals surface area contributed by atoms with Gasteiger partial charge >= 0.3 is 11.8 Å². The Hall–Kier alpha value is -2.24. The first-order chi connectivity index (χ1) is 7.52. The Morgan fingerprint density at radius 3 is 2.56 bits per heavy atom. The van der Waals surface area contributed by atoms with Crippen molar-refractivity contribution in [3.05, 3.63) is 35.6 Å². The van der Waals surface area contributed by atoms with E-state index in [1.54, 1.807) is 6.07 Å². The number of amides is 2. The highest BCUT2D eigenvalue weighted by Gasteiger charge is 2.08. The van der Waals surface area contributed by atoms with E-state index in [1.807, 2.05) is 5.43 Å². The van der Waals surface area contributed by atoms with Gasteiger partial charge in [-0.1, -0.05) is 18.2 Å². The number of hydrogen-bond acceptors (Lipinski definition) is 3. The van der Waals surface area contributed by atoms with Gasteiger partial charge in [0.2, 0.25) is 0 Å². The summed E-state index contributed by atoms with van der Waals surface area (Å²) >= 11 is 0. The van der Waals surface area contributed by atoms with Crippen LogP contribution < -0.4 is 11.2 Å². The second kappa shape index (κ2) is 5.01. The van der Waals surface area contributed by atoms with Gasteiger partial charge in [-0.15, -0.1) is 0 Å². The third kappa shape index (κ3) is 2.88. The quantitative estimate of drug-likeness (QED) is 0.425. The van der Waals surface area contributed by atoms with Crippen molar-refractivity contribution in [2.45, 2.75) is 6.92 Å². The first-order valence-electron chi connectivity index (χ1n) is 4.41. The Morgan fingerprint density at radius 2 is 2.00 bits per heavy atom. The standard InChI is InChI=1S/C10H10FN3O2/c1-6(13-14-10(16)9(12)15)7-4-2-3-5-8(7)11/h2-5H,1H3,(H2,12,15)(H,14,16)/b13-6+. The molecule has 0 saturated carbocycles. The molecule has 0 heterocycles. The average molecular weight is 223 g/mol. The molecule has 0 aliphatic carbocycles. The molecule has 16 heavy (non-hydrogen) atoms. The third-order valence-corrected chi connectivity index (χ3v) is 1.81. The topological polar surface area (TPSA) is 84.6 Å². The first-order valence-corrected chi connectivity index (χ1v) is 4.41. The predicted octanol–water partition coefficient (Wildman–Crippen LogP) is 0.151. The van der Waals surface area contributed by atoms with Gasteiger partial charge in [-0.05, 0) is 13.0 Å². The third-order valence-electron chi connectivity index (χ3n) is 1.81. The van der Waals surface area contributed by atoms with Crippen molar-refractivity contribution < 1.29 is 14.0 Å². The number of carbonyl (C=O) groups excluding carboxylic acids is 2. The van der Waals surface area contributed by atoms with Crippen LogP contribution in [-0.2, 0) is 9.59 Å². The molecule has 0 spiro atoms. The lowest BCUT2D eigenvalue weighted by Gasteiger charge is -2.02. The van der Waals surface area contributed by atoms with E-state index in [1.165, 1.54) is 25.1 Å². The number of nitrogens with one attached hydrogen (secondary N) is 1. The summed E-state index contributed by atoms with van der Waals surface area (Å²) in [6.45, 7) is 1.50. The van der Waals surface area contributed by atoms with Crippen molar-refractivity contribution in [1.29, 1.82) is 0 Å². The van der Waals surface area contributed by atoms with Crippen LogP contribution in [0.5, 0.6) is 0 Å². The van der Waals surface area contributed by atoms with Crippen molar-refractivity contribution >= 4 is 17.5 Å². The average Bonchev–Trinajstić information content (AvgIpc) is 2.25. The number of primary amides is 1. The second-order valence-electron chi connectivity index (χ2n) is 2.98. The van der Waals surface area contributed by atoms with Gasteiger partial charge in [0.25, 0.3) is 0 Å². The molecule has 0 atom stereocenters. The number of nitrogens with zero attached hydrogens (tertiary/aromatic N) is 1. The Balaban J connectivity index is 2.83. The summed E-state index contributed by atoms with van der Waals surface area (Å²) in [5.74, 6) is -2.65. The molecule has 84 valence electrons. The predicted molar refractivity (Wildman–Crippen MR) is 55.9 cm³/mol. The van der Waals surface area contributed by atoms with E-state index >= 15 is 0 Å². The molecule has 1 aromatic rings. The highest BCUT2D eigenvalue weighted by molar-refractivity contribution is 6.34. The fourth-order valence-electron chi connectivity index (χ4n) is 1.00. The second-order valence-corrected chi connectivity index (χ2v) is 2.98. The molecular weight excluding hydrogens is 213 g/mol. The number of carbonyl (C=O) groups is 2. The molecule has 5 nitrogen and oxygen atoms in total. The molecule has 3 N–H and O–H groups in total. The van der Waals surface area contributed by atoms with E-state index in [0.717, 1.165) is 0 Å². The van der Waals surface area contributed by atoms with Crippen molar-refractivity contribution in [2.75, 3.05) is 0 Å². The zero-order valence-electron chi connectivity index (χ0n) is 8.53. The maximum Gasteiger partial charge on any atom is 0.329 e. The number of rotatable bonds is 2. The van der Waals surface area contributed by atoms with Crippen LogP contribution in [0, 0.1) is 5.82 Å². The number of hydrogen-bond donors (Lipinski definition) is 2. The zero-order chi connectivity index (χ0) is 12.1. The lowest BCUT2D eigenvalue weighted by Crippen LogP contribution is -2.33. The van der Waals surface area contributed by atoms with Gasteiger partial charge < -0.3 is 5.73 Å². The van der Waals surface area contributed by atoms with Crippen LogP contribution in [0.1, 0.15) is 12.5 Å². The summed E-state index contributed by atoms with van der Waals surface area (Å²) in [6.07, 6.45) is 0. The van der Waals surface area contributed by atoms with Gasteiger partial charge in [-0.25, -0.2) is 9.82 Å². The van der Waals surface area contributed by atoms with Crippen molar-refractivity contribution in [3.8, 4) is 0 Å². The summed E-state index contributed by atoms with van der Waals surface area (Å²) in [5.41, 5.74) is 7.10. The normalized spacial score (nSPS) is 11.0. The summed E-state index contributed by atoms with van der Waals surface area (Å²) in [5, 5.41) is 3.55. The monoisotopic (exact) mass is 223 g/mol. The smallest absolute Gasteiger partial charge is 0.329 e. The van der Waals surface area contributed by atoms with E-state index in [9.17, 15) is 14.0 Å². The molecule has 2 amide bonds. The van der Waals surface area contributed by atoms with Crippen molar-refractivity contribution in [3.63, 3.8) is 0 Å². The van der Waals surface area contributed by atoms with Crippen LogP contribution in [0.25, 0.3) is 0 Å². The number of benzene rings is 1.